The summed E-state index contributed by atoms with van der Waals surface area (Å²) >= 11 is 0. The van der Waals surface area contributed by atoms with Gasteiger partial charge in [-0.1, -0.05) is 85.0 Å². The molecule has 0 spiro atoms. The first-order chi connectivity index (χ1) is 9.63. The highest BCUT2D eigenvalue weighted by molar-refractivity contribution is 5.74. The zero-order valence-electron chi connectivity index (χ0n) is 14.0. The van der Waals surface area contributed by atoms with E-state index in [1.165, 1.54) is 44.9 Å². The minimum absolute atomic E-state index is 0.436. The summed E-state index contributed by atoms with van der Waals surface area (Å²) in [5.41, 5.74) is -0.436. The first-order valence-corrected chi connectivity index (χ1v) is 8.86. The maximum atomic E-state index is 11.8. The highest BCUT2D eigenvalue weighted by atomic mass is 16.4. The lowest BCUT2D eigenvalue weighted by Gasteiger charge is -2.29. The molecule has 0 aromatic carbocycles. The highest BCUT2D eigenvalue weighted by Gasteiger charge is 2.36. The molecule has 0 radical (unpaired) electrons. The Bertz CT molecular complexity index is 238. The van der Waals surface area contributed by atoms with E-state index in [1.807, 2.05) is 0 Å². The van der Waals surface area contributed by atoms with E-state index in [9.17, 15) is 9.90 Å². The van der Waals surface area contributed by atoms with E-state index in [0.29, 0.717) is 0 Å². The smallest absolute Gasteiger partial charge is 0.309 e. The largest absolute Gasteiger partial charge is 0.481 e. The molecule has 0 aliphatic rings. The molecule has 0 fully saturated rings. The molecule has 1 unspecified atom stereocenters. The quantitative estimate of drug-likeness (QED) is 0.386. The molecule has 0 bridgehead atoms. The molecule has 120 valence electrons. The molecule has 0 saturated carbocycles. The van der Waals surface area contributed by atoms with Gasteiger partial charge in [0, 0.05) is 0 Å². The van der Waals surface area contributed by atoms with Crippen LogP contribution in [0.5, 0.6) is 0 Å². The third-order valence-electron chi connectivity index (χ3n) is 4.45. The van der Waals surface area contributed by atoms with E-state index in [4.69, 9.17) is 0 Å². The van der Waals surface area contributed by atoms with Crippen molar-refractivity contribution in [1.82, 2.24) is 0 Å². The lowest BCUT2D eigenvalue weighted by Crippen LogP contribution is -2.31. The van der Waals surface area contributed by atoms with Crippen LogP contribution in [0.3, 0.4) is 0 Å². The fourth-order valence-corrected chi connectivity index (χ4v) is 3.13. The molecule has 1 N–H and O–H groups in total. The Kier molecular flexibility index (Phi) is 11.9. The monoisotopic (exact) mass is 284 g/mol. The Hall–Kier alpha value is -0.530. The lowest BCUT2D eigenvalue weighted by atomic mass is 9.74. The maximum Gasteiger partial charge on any atom is 0.309 e. The van der Waals surface area contributed by atoms with Gasteiger partial charge in [0.15, 0.2) is 0 Å². The van der Waals surface area contributed by atoms with Crippen LogP contribution < -0.4 is 0 Å². The first-order valence-electron chi connectivity index (χ1n) is 8.86. The fourth-order valence-electron chi connectivity index (χ4n) is 3.13. The summed E-state index contributed by atoms with van der Waals surface area (Å²) in [6.45, 7) is 6.53. The van der Waals surface area contributed by atoms with Crippen LogP contribution in [0.1, 0.15) is 104 Å². The van der Waals surface area contributed by atoms with Gasteiger partial charge in [0.2, 0.25) is 0 Å². The topological polar surface area (TPSA) is 37.3 Å². The van der Waals surface area contributed by atoms with Gasteiger partial charge >= 0.3 is 5.97 Å². The van der Waals surface area contributed by atoms with E-state index in [-0.39, 0.29) is 0 Å². The summed E-state index contributed by atoms with van der Waals surface area (Å²) in [4.78, 5) is 11.8. The molecular formula is C18H36O2. The Labute approximate surface area is 126 Å². The molecule has 2 nitrogen and oxygen atoms in total. The van der Waals surface area contributed by atoms with Gasteiger partial charge in [0.1, 0.15) is 0 Å². The van der Waals surface area contributed by atoms with Crippen LogP contribution in [0.15, 0.2) is 0 Å². The normalized spacial score (nSPS) is 14.2. The zero-order chi connectivity index (χ0) is 15.3. The van der Waals surface area contributed by atoms with Crippen LogP contribution in [-0.4, -0.2) is 11.1 Å². The van der Waals surface area contributed by atoms with Crippen molar-refractivity contribution in [3.05, 3.63) is 0 Å². The molecule has 0 saturated heterocycles. The summed E-state index contributed by atoms with van der Waals surface area (Å²) in [6, 6.07) is 0. The van der Waals surface area contributed by atoms with E-state index >= 15 is 0 Å². The van der Waals surface area contributed by atoms with Crippen LogP contribution in [0.25, 0.3) is 0 Å². The number of rotatable bonds is 14. The highest BCUT2D eigenvalue weighted by Crippen LogP contribution is 2.37. The molecule has 0 aliphatic heterocycles. The molecule has 2 heteroatoms. The second kappa shape index (κ2) is 12.2. The van der Waals surface area contributed by atoms with Gasteiger partial charge in [0.25, 0.3) is 0 Å². The standard InChI is InChI=1S/C18H36O2/c1-4-7-9-11-13-16-18(14-6-3,17(19)20)15-12-10-8-5-2/h4-16H2,1-3H3,(H,19,20). The second-order valence-electron chi connectivity index (χ2n) is 6.31. The van der Waals surface area contributed by atoms with E-state index in [0.717, 1.165) is 38.5 Å². The zero-order valence-corrected chi connectivity index (χ0v) is 14.0. The summed E-state index contributed by atoms with van der Waals surface area (Å²) < 4.78 is 0. The predicted octanol–water partition coefficient (Wildman–Crippen LogP) is 6.19. The SMILES string of the molecule is CCCCCCCC(CCC)(CCCCCC)C(=O)O. The Morgan fingerprint density at radius 3 is 1.55 bits per heavy atom. The fraction of sp³-hybridized carbons (Fsp3) is 0.944. The second-order valence-corrected chi connectivity index (χ2v) is 6.31. The van der Waals surface area contributed by atoms with Crippen molar-refractivity contribution >= 4 is 5.97 Å². The molecular weight excluding hydrogens is 248 g/mol. The van der Waals surface area contributed by atoms with Gasteiger partial charge in [-0.05, 0) is 19.3 Å². The van der Waals surface area contributed by atoms with Gasteiger partial charge in [-0.15, -0.1) is 0 Å². The van der Waals surface area contributed by atoms with Crippen LogP contribution in [-0.2, 0) is 4.79 Å². The number of unbranched alkanes of at least 4 members (excludes halogenated alkanes) is 7. The molecule has 0 heterocycles. The van der Waals surface area contributed by atoms with Crippen molar-refractivity contribution in [2.45, 2.75) is 104 Å². The van der Waals surface area contributed by atoms with Crippen molar-refractivity contribution < 1.29 is 9.90 Å². The molecule has 20 heavy (non-hydrogen) atoms. The van der Waals surface area contributed by atoms with Crippen molar-refractivity contribution in [2.75, 3.05) is 0 Å². The lowest BCUT2D eigenvalue weighted by molar-refractivity contribution is -0.150. The summed E-state index contributed by atoms with van der Waals surface area (Å²) in [7, 11) is 0. The number of hydrogen-bond donors (Lipinski definition) is 1. The Morgan fingerprint density at radius 2 is 1.15 bits per heavy atom. The summed E-state index contributed by atoms with van der Waals surface area (Å²) in [6.07, 6.45) is 14.4. The minimum Gasteiger partial charge on any atom is -0.481 e. The summed E-state index contributed by atoms with van der Waals surface area (Å²) in [5, 5.41) is 9.71. The van der Waals surface area contributed by atoms with Crippen molar-refractivity contribution in [2.24, 2.45) is 5.41 Å². The third-order valence-corrected chi connectivity index (χ3v) is 4.45. The molecule has 0 amide bonds. The molecule has 1 atom stereocenters. The van der Waals surface area contributed by atoms with Crippen molar-refractivity contribution in [1.29, 1.82) is 0 Å². The van der Waals surface area contributed by atoms with Crippen molar-refractivity contribution in [3.8, 4) is 0 Å². The predicted molar refractivity (Wildman–Crippen MR) is 87.1 cm³/mol. The van der Waals surface area contributed by atoms with Crippen LogP contribution in [0.2, 0.25) is 0 Å². The van der Waals surface area contributed by atoms with Crippen LogP contribution in [0, 0.1) is 5.41 Å². The average molecular weight is 284 g/mol. The van der Waals surface area contributed by atoms with Gasteiger partial charge in [-0.25, -0.2) is 0 Å². The molecule has 0 rings (SSSR count). The third kappa shape index (κ3) is 7.91. The number of carboxylic acid groups (broad SMARTS) is 1. The number of aliphatic carboxylic acids is 1. The average Bonchev–Trinajstić information content (AvgIpc) is 2.43. The van der Waals surface area contributed by atoms with Crippen LogP contribution in [0.4, 0.5) is 0 Å². The first kappa shape index (κ1) is 19.5. The molecule has 0 aromatic rings. The molecule has 0 aliphatic carbocycles. The number of carboxylic acids is 1. The van der Waals surface area contributed by atoms with Crippen LogP contribution >= 0.6 is 0 Å². The molecule has 0 aromatic heterocycles. The Balaban J connectivity index is 4.31. The minimum atomic E-state index is -0.550. The van der Waals surface area contributed by atoms with E-state index in [1.54, 1.807) is 0 Å². The number of carbonyl (C=O) groups is 1. The Morgan fingerprint density at radius 1 is 0.700 bits per heavy atom. The maximum absolute atomic E-state index is 11.8. The van der Waals surface area contributed by atoms with Gasteiger partial charge in [-0.3, -0.25) is 4.79 Å². The van der Waals surface area contributed by atoms with Gasteiger partial charge in [-0.2, -0.15) is 0 Å². The van der Waals surface area contributed by atoms with Gasteiger partial charge in [0.05, 0.1) is 5.41 Å². The van der Waals surface area contributed by atoms with E-state index < -0.39 is 11.4 Å². The van der Waals surface area contributed by atoms with Gasteiger partial charge < -0.3 is 5.11 Å². The number of hydrogen-bond acceptors (Lipinski definition) is 1. The van der Waals surface area contributed by atoms with E-state index in [2.05, 4.69) is 20.8 Å². The van der Waals surface area contributed by atoms with Crippen molar-refractivity contribution in [3.63, 3.8) is 0 Å². The summed E-state index contributed by atoms with van der Waals surface area (Å²) in [5.74, 6) is -0.550.